The highest BCUT2D eigenvalue weighted by Crippen LogP contribution is 2.18. The van der Waals surface area contributed by atoms with E-state index in [4.69, 9.17) is 9.15 Å². The average Bonchev–Trinajstić information content (AvgIpc) is 3.27. The predicted molar refractivity (Wildman–Crippen MR) is 121 cm³/mol. The van der Waals surface area contributed by atoms with Crippen LogP contribution in [0.5, 0.6) is 5.75 Å². The number of piperazine rings is 1. The summed E-state index contributed by atoms with van der Waals surface area (Å²) in [6.07, 6.45) is 2.44. The Kier molecular flexibility index (Phi) is 8.27. The minimum atomic E-state index is -0.148. The molecule has 2 heterocycles. The van der Waals surface area contributed by atoms with Crippen LogP contribution in [0.2, 0.25) is 0 Å². The van der Waals surface area contributed by atoms with Crippen LogP contribution in [0, 0.1) is 0 Å². The zero-order chi connectivity index (χ0) is 23.1. The number of hydrogen-bond acceptors (Lipinski definition) is 6. The molecule has 1 aliphatic heterocycles. The van der Waals surface area contributed by atoms with Gasteiger partial charge >= 0.3 is 0 Å². The number of ether oxygens (including phenoxy) is 1. The van der Waals surface area contributed by atoms with Crippen LogP contribution in [-0.2, 0) is 17.9 Å². The number of amides is 2. The van der Waals surface area contributed by atoms with E-state index in [1.165, 1.54) is 11.8 Å². The minimum absolute atomic E-state index is 0.0403. The van der Waals surface area contributed by atoms with Gasteiger partial charge < -0.3 is 19.0 Å². The number of nitrogens with zero attached hydrogens (tertiary/aromatic N) is 4. The average molecular weight is 443 g/mol. The SMILES string of the molecule is CCOc1ccc(CN(Cc2nc(C(=O)N3CCN(C(C)=O)CC3)co2)C(C)CC)cc1. The quantitative estimate of drug-likeness (QED) is 0.594. The molecule has 2 amide bonds. The third kappa shape index (κ3) is 6.09. The molecule has 1 fully saturated rings. The summed E-state index contributed by atoms with van der Waals surface area (Å²) in [6.45, 7) is 11.9. The number of rotatable bonds is 9. The standard InChI is InChI=1S/C24H34N4O4/c1-5-18(3)28(15-20-7-9-21(10-8-20)31-6-2)16-23-25-22(17-32-23)24(30)27-13-11-26(12-14-27)19(4)29/h7-10,17-18H,5-6,11-16H2,1-4H3. The summed E-state index contributed by atoms with van der Waals surface area (Å²) in [5, 5.41) is 0. The molecule has 1 aromatic heterocycles. The molecule has 1 saturated heterocycles. The Morgan fingerprint density at radius 3 is 2.34 bits per heavy atom. The van der Waals surface area contributed by atoms with Gasteiger partial charge in [0, 0.05) is 45.7 Å². The largest absolute Gasteiger partial charge is 0.494 e. The van der Waals surface area contributed by atoms with E-state index in [1.54, 1.807) is 16.7 Å². The first-order valence-corrected chi connectivity index (χ1v) is 11.4. The molecular weight excluding hydrogens is 408 g/mol. The van der Waals surface area contributed by atoms with Crippen LogP contribution >= 0.6 is 0 Å². The number of oxazole rings is 1. The highest BCUT2D eigenvalue weighted by Gasteiger charge is 2.26. The lowest BCUT2D eigenvalue weighted by molar-refractivity contribution is -0.130. The van der Waals surface area contributed by atoms with Crippen molar-refractivity contribution in [2.45, 2.75) is 53.2 Å². The van der Waals surface area contributed by atoms with Crippen LogP contribution < -0.4 is 4.74 Å². The first kappa shape index (κ1) is 23.8. The first-order chi connectivity index (χ1) is 15.4. The number of carbonyl (C=O) groups excluding carboxylic acids is 2. The lowest BCUT2D eigenvalue weighted by Crippen LogP contribution is -2.50. The smallest absolute Gasteiger partial charge is 0.275 e. The molecule has 0 bridgehead atoms. The summed E-state index contributed by atoms with van der Waals surface area (Å²) in [5.74, 6) is 1.29. The first-order valence-electron chi connectivity index (χ1n) is 11.4. The van der Waals surface area contributed by atoms with E-state index in [0.717, 1.165) is 18.7 Å². The van der Waals surface area contributed by atoms with E-state index >= 15 is 0 Å². The molecule has 0 radical (unpaired) electrons. The van der Waals surface area contributed by atoms with Crippen molar-refractivity contribution in [2.24, 2.45) is 0 Å². The molecule has 0 N–H and O–H groups in total. The molecular formula is C24H34N4O4. The van der Waals surface area contributed by atoms with E-state index < -0.39 is 0 Å². The lowest BCUT2D eigenvalue weighted by Gasteiger charge is -2.33. The molecule has 32 heavy (non-hydrogen) atoms. The molecule has 0 spiro atoms. The van der Waals surface area contributed by atoms with Crippen LogP contribution in [-0.4, -0.2) is 70.3 Å². The van der Waals surface area contributed by atoms with Crippen molar-refractivity contribution in [3.63, 3.8) is 0 Å². The Balaban J connectivity index is 1.62. The number of aromatic nitrogens is 1. The molecule has 174 valence electrons. The van der Waals surface area contributed by atoms with Crippen LogP contribution in [0.25, 0.3) is 0 Å². The van der Waals surface area contributed by atoms with Gasteiger partial charge in [0.15, 0.2) is 5.69 Å². The second-order valence-electron chi connectivity index (χ2n) is 8.16. The summed E-state index contributed by atoms with van der Waals surface area (Å²) in [6, 6.07) is 8.45. The second kappa shape index (κ2) is 11.1. The Labute approximate surface area is 190 Å². The summed E-state index contributed by atoms with van der Waals surface area (Å²) >= 11 is 0. The third-order valence-corrected chi connectivity index (χ3v) is 5.96. The summed E-state index contributed by atoms with van der Waals surface area (Å²) < 4.78 is 11.2. The maximum Gasteiger partial charge on any atom is 0.275 e. The molecule has 8 nitrogen and oxygen atoms in total. The fraction of sp³-hybridized carbons (Fsp3) is 0.542. The van der Waals surface area contributed by atoms with Crippen LogP contribution in [0.3, 0.4) is 0 Å². The van der Waals surface area contributed by atoms with E-state index in [1.807, 2.05) is 19.1 Å². The number of benzene rings is 1. The van der Waals surface area contributed by atoms with Gasteiger partial charge in [-0.3, -0.25) is 14.5 Å². The molecule has 1 aromatic carbocycles. The van der Waals surface area contributed by atoms with Gasteiger partial charge in [0.25, 0.3) is 5.91 Å². The van der Waals surface area contributed by atoms with Gasteiger partial charge in [0.1, 0.15) is 12.0 Å². The van der Waals surface area contributed by atoms with Crippen molar-refractivity contribution in [1.29, 1.82) is 0 Å². The summed E-state index contributed by atoms with van der Waals surface area (Å²) in [4.78, 5) is 34.6. The van der Waals surface area contributed by atoms with Crippen molar-refractivity contribution in [3.8, 4) is 5.75 Å². The highest BCUT2D eigenvalue weighted by atomic mass is 16.5. The van der Waals surface area contributed by atoms with Gasteiger partial charge in [-0.15, -0.1) is 0 Å². The van der Waals surface area contributed by atoms with E-state index in [9.17, 15) is 9.59 Å². The van der Waals surface area contributed by atoms with Gasteiger partial charge in [0.05, 0.1) is 13.2 Å². The number of hydrogen-bond donors (Lipinski definition) is 0. The normalized spacial score (nSPS) is 15.2. The molecule has 0 aliphatic carbocycles. The Bertz CT molecular complexity index is 888. The molecule has 0 saturated carbocycles. The second-order valence-corrected chi connectivity index (χ2v) is 8.16. The molecule has 1 unspecified atom stereocenters. The van der Waals surface area contributed by atoms with Crippen LogP contribution in [0.15, 0.2) is 34.9 Å². The highest BCUT2D eigenvalue weighted by molar-refractivity contribution is 5.92. The van der Waals surface area contributed by atoms with Crippen molar-refractivity contribution in [3.05, 3.63) is 47.7 Å². The van der Waals surface area contributed by atoms with Crippen molar-refractivity contribution < 1.29 is 18.7 Å². The predicted octanol–water partition coefficient (Wildman–Crippen LogP) is 3.18. The monoisotopic (exact) mass is 442 g/mol. The Morgan fingerprint density at radius 1 is 1.09 bits per heavy atom. The van der Waals surface area contributed by atoms with Crippen molar-refractivity contribution in [2.75, 3.05) is 32.8 Å². The van der Waals surface area contributed by atoms with Crippen molar-refractivity contribution >= 4 is 11.8 Å². The van der Waals surface area contributed by atoms with E-state index in [-0.39, 0.29) is 11.8 Å². The zero-order valence-corrected chi connectivity index (χ0v) is 19.5. The third-order valence-electron chi connectivity index (χ3n) is 5.96. The van der Waals surface area contributed by atoms with Gasteiger partial charge in [-0.05, 0) is 38.0 Å². The van der Waals surface area contributed by atoms with Crippen LogP contribution in [0.4, 0.5) is 0 Å². The zero-order valence-electron chi connectivity index (χ0n) is 19.5. The molecule has 2 aromatic rings. The van der Waals surface area contributed by atoms with E-state index in [0.29, 0.717) is 57.0 Å². The molecule has 1 atom stereocenters. The Morgan fingerprint density at radius 2 is 1.75 bits per heavy atom. The Hall–Kier alpha value is -2.87. The van der Waals surface area contributed by atoms with E-state index in [2.05, 4.69) is 35.9 Å². The maximum absolute atomic E-state index is 12.8. The maximum atomic E-state index is 12.8. The fourth-order valence-corrected chi connectivity index (χ4v) is 3.76. The van der Waals surface area contributed by atoms with Gasteiger partial charge in [-0.1, -0.05) is 19.1 Å². The van der Waals surface area contributed by atoms with Crippen molar-refractivity contribution in [1.82, 2.24) is 19.7 Å². The van der Waals surface area contributed by atoms with Crippen LogP contribution in [0.1, 0.15) is 56.1 Å². The molecule has 8 heteroatoms. The van der Waals surface area contributed by atoms with Gasteiger partial charge in [-0.2, -0.15) is 0 Å². The fourth-order valence-electron chi connectivity index (χ4n) is 3.76. The summed E-state index contributed by atoms with van der Waals surface area (Å²) in [5.41, 5.74) is 1.50. The molecule has 1 aliphatic rings. The summed E-state index contributed by atoms with van der Waals surface area (Å²) in [7, 11) is 0. The minimum Gasteiger partial charge on any atom is -0.494 e. The number of carbonyl (C=O) groups is 2. The topological polar surface area (TPSA) is 79.1 Å². The van der Waals surface area contributed by atoms with Gasteiger partial charge in [-0.25, -0.2) is 4.98 Å². The molecule has 3 rings (SSSR count). The lowest BCUT2D eigenvalue weighted by atomic mass is 10.1. The van der Waals surface area contributed by atoms with Gasteiger partial charge in [0.2, 0.25) is 11.8 Å².